The Balaban J connectivity index is 1.83. The van der Waals surface area contributed by atoms with Gasteiger partial charge in [-0.25, -0.2) is 0 Å². The van der Waals surface area contributed by atoms with Crippen LogP contribution in [-0.2, 0) is 0 Å². The van der Waals surface area contributed by atoms with Gasteiger partial charge in [0.15, 0.2) is 0 Å². The van der Waals surface area contributed by atoms with Gasteiger partial charge in [-0.05, 0) is 43.7 Å². The van der Waals surface area contributed by atoms with Crippen molar-refractivity contribution in [3.63, 3.8) is 0 Å². The molecule has 2 rings (SSSR count). The predicted molar refractivity (Wildman–Crippen MR) is 85.1 cm³/mol. The fraction of sp³-hybridized carbons (Fsp3) is 1.00. The molecule has 0 spiro atoms. The number of hydrogen-bond donors (Lipinski definition) is 0. The second kappa shape index (κ2) is 9.35. The van der Waals surface area contributed by atoms with Crippen molar-refractivity contribution in [1.82, 2.24) is 0 Å². The summed E-state index contributed by atoms with van der Waals surface area (Å²) in [6, 6.07) is 0. The van der Waals surface area contributed by atoms with E-state index in [-0.39, 0.29) is 0 Å². The van der Waals surface area contributed by atoms with E-state index >= 15 is 0 Å². The third-order valence-corrected chi connectivity index (χ3v) is 8.31. The van der Waals surface area contributed by atoms with Crippen LogP contribution in [0.3, 0.4) is 0 Å². The van der Waals surface area contributed by atoms with Gasteiger partial charge in [0.05, 0.1) is 0 Å². The minimum atomic E-state index is 0.409. The highest BCUT2D eigenvalue weighted by molar-refractivity contribution is 7.58. The van der Waals surface area contributed by atoms with Crippen molar-refractivity contribution in [2.24, 2.45) is 0 Å². The van der Waals surface area contributed by atoms with Gasteiger partial charge < -0.3 is 0 Å². The third-order valence-electron chi connectivity index (χ3n) is 4.98. The predicted octanol–water partition coefficient (Wildman–Crippen LogP) is 6.33. The Hall–Kier alpha value is 0.430. The molecule has 2 fully saturated rings. The number of rotatable bonds is 1. The van der Waals surface area contributed by atoms with Crippen LogP contribution in [0.5, 0.6) is 0 Å². The Kier molecular flexibility index (Phi) is 7.71. The van der Waals surface area contributed by atoms with Gasteiger partial charge >= 0.3 is 0 Å². The molecule has 0 aromatic heterocycles. The molecule has 1 saturated carbocycles. The van der Waals surface area contributed by atoms with E-state index in [1.165, 1.54) is 51.4 Å². The summed E-state index contributed by atoms with van der Waals surface area (Å²) in [5, 5.41) is 0. The zero-order chi connectivity index (χ0) is 12.5. The summed E-state index contributed by atoms with van der Waals surface area (Å²) < 4.78 is 0. The average molecular weight is 268 g/mol. The highest BCUT2D eigenvalue weighted by Gasteiger charge is 2.21. The quantitative estimate of drug-likeness (QED) is 0.488. The van der Waals surface area contributed by atoms with Crippen molar-refractivity contribution >= 4 is 7.92 Å². The molecule has 106 valence electrons. The summed E-state index contributed by atoms with van der Waals surface area (Å²) in [7, 11) is 0.409. The normalized spacial score (nSPS) is 27.3. The van der Waals surface area contributed by atoms with Crippen molar-refractivity contribution < 1.29 is 0 Å². The Morgan fingerprint density at radius 2 is 0.833 bits per heavy atom. The molecule has 2 aliphatic rings. The highest BCUT2D eigenvalue weighted by Crippen LogP contribution is 2.48. The first-order chi connectivity index (χ1) is 8.97. The average Bonchev–Trinajstić information content (AvgIpc) is 2.61. The van der Waals surface area contributed by atoms with Gasteiger partial charge in [0.1, 0.15) is 0 Å². The standard InChI is InChI=1S/C17H33P/c1-2-6-10-14-17(13-9-5-1)18-15-11-7-3-4-8-12-16-18/h17H,1-16H2. The largest absolute Gasteiger partial charge is 0.104 e. The zero-order valence-electron chi connectivity index (χ0n) is 12.3. The monoisotopic (exact) mass is 268 g/mol. The maximum absolute atomic E-state index is 1.62. The minimum Gasteiger partial charge on any atom is -0.104 e. The van der Waals surface area contributed by atoms with Gasteiger partial charge in [-0.2, -0.15) is 0 Å². The molecule has 1 saturated heterocycles. The van der Waals surface area contributed by atoms with E-state index < -0.39 is 0 Å². The van der Waals surface area contributed by atoms with Gasteiger partial charge in [-0.15, -0.1) is 7.92 Å². The molecule has 0 aromatic carbocycles. The van der Waals surface area contributed by atoms with Crippen molar-refractivity contribution in [2.75, 3.05) is 12.3 Å². The van der Waals surface area contributed by atoms with E-state index in [0.717, 1.165) is 5.66 Å². The van der Waals surface area contributed by atoms with Crippen LogP contribution < -0.4 is 0 Å². The van der Waals surface area contributed by atoms with Gasteiger partial charge in [-0.1, -0.05) is 64.2 Å². The topological polar surface area (TPSA) is 0 Å². The summed E-state index contributed by atoms with van der Waals surface area (Å²) in [6.07, 6.45) is 24.8. The van der Waals surface area contributed by atoms with Crippen LogP contribution in [0.25, 0.3) is 0 Å². The fourth-order valence-corrected chi connectivity index (χ4v) is 7.10. The first kappa shape index (κ1) is 14.8. The summed E-state index contributed by atoms with van der Waals surface area (Å²) in [5.41, 5.74) is 1.16. The lowest BCUT2D eigenvalue weighted by molar-refractivity contribution is 0.624. The molecule has 1 aliphatic heterocycles. The van der Waals surface area contributed by atoms with Gasteiger partial charge in [0, 0.05) is 0 Å². The van der Waals surface area contributed by atoms with E-state index in [9.17, 15) is 0 Å². The highest BCUT2D eigenvalue weighted by atomic mass is 31.1. The van der Waals surface area contributed by atoms with Crippen LogP contribution in [0.1, 0.15) is 89.9 Å². The Labute approximate surface area is 116 Å². The minimum absolute atomic E-state index is 0.409. The van der Waals surface area contributed by atoms with Crippen LogP contribution in [0.2, 0.25) is 0 Å². The zero-order valence-corrected chi connectivity index (χ0v) is 13.2. The van der Waals surface area contributed by atoms with Crippen LogP contribution in [0, 0.1) is 0 Å². The maximum Gasteiger partial charge on any atom is -0.0209 e. The molecule has 18 heavy (non-hydrogen) atoms. The van der Waals surface area contributed by atoms with Crippen molar-refractivity contribution in [3.05, 3.63) is 0 Å². The lowest BCUT2D eigenvalue weighted by Gasteiger charge is -2.27. The second-order valence-corrected chi connectivity index (χ2v) is 9.31. The lowest BCUT2D eigenvalue weighted by Crippen LogP contribution is -2.10. The van der Waals surface area contributed by atoms with Crippen molar-refractivity contribution in [3.8, 4) is 0 Å². The van der Waals surface area contributed by atoms with E-state index in [1.54, 1.807) is 50.8 Å². The molecular weight excluding hydrogens is 235 g/mol. The van der Waals surface area contributed by atoms with E-state index in [2.05, 4.69) is 0 Å². The smallest absolute Gasteiger partial charge is 0.0209 e. The van der Waals surface area contributed by atoms with E-state index in [1.807, 2.05) is 0 Å². The molecular formula is C17H33P. The van der Waals surface area contributed by atoms with Gasteiger partial charge in [0.25, 0.3) is 0 Å². The van der Waals surface area contributed by atoms with Crippen LogP contribution >= 0.6 is 7.92 Å². The molecule has 0 aromatic rings. The summed E-state index contributed by atoms with van der Waals surface area (Å²) in [6.45, 7) is 0. The van der Waals surface area contributed by atoms with Gasteiger partial charge in [-0.3, -0.25) is 0 Å². The summed E-state index contributed by atoms with van der Waals surface area (Å²) in [5.74, 6) is 0. The molecule has 1 aliphatic carbocycles. The Bertz CT molecular complexity index is 160. The Morgan fingerprint density at radius 1 is 0.444 bits per heavy atom. The number of hydrogen-bond acceptors (Lipinski definition) is 0. The van der Waals surface area contributed by atoms with Crippen LogP contribution in [0.15, 0.2) is 0 Å². The first-order valence-electron chi connectivity index (χ1n) is 8.71. The van der Waals surface area contributed by atoms with Crippen LogP contribution in [-0.4, -0.2) is 18.0 Å². The SMILES string of the molecule is C1CCCCC(P2CCCCCCCC2)CCC1. The summed E-state index contributed by atoms with van der Waals surface area (Å²) >= 11 is 0. The molecule has 0 radical (unpaired) electrons. The molecule has 1 heteroatoms. The first-order valence-corrected chi connectivity index (χ1v) is 10.5. The fourth-order valence-electron chi connectivity index (χ4n) is 3.79. The maximum atomic E-state index is 1.62. The molecule has 0 atom stereocenters. The van der Waals surface area contributed by atoms with Crippen molar-refractivity contribution in [2.45, 2.75) is 95.6 Å². The molecule has 0 N–H and O–H groups in total. The Morgan fingerprint density at radius 3 is 1.33 bits per heavy atom. The van der Waals surface area contributed by atoms with Gasteiger partial charge in [0.2, 0.25) is 0 Å². The molecule has 0 nitrogen and oxygen atoms in total. The third kappa shape index (κ3) is 5.60. The molecule has 1 heterocycles. The van der Waals surface area contributed by atoms with E-state index in [4.69, 9.17) is 0 Å². The lowest BCUT2D eigenvalue weighted by atomic mass is 10.1. The summed E-state index contributed by atoms with van der Waals surface area (Å²) in [4.78, 5) is 0. The van der Waals surface area contributed by atoms with Crippen LogP contribution in [0.4, 0.5) is 0 Å². The van der Waals surface area contributed by atoms with E-state index in [0.29, 0.717) is 7.92 Å². The second-order valence-electron chi connectivity index (χ2n) is 6.51. The molecule has 0 unspecified atom stereocenters. The van der Waals surface area contributed by atoms with Crippen molar-refractivity contribution in [1.29, 1.82) is 0 Å². The molecule has 0 bridgehead atoms. The molecule has 0 amide bonds.